The Morgan fingerprint density at radius 1 is 1.24 bits per heavy atom. The first kappa shape index (κ1) is 18.9. The zero-order valence-electron chi connectivity index (χ0n) is 12.6. The summed E-state index contributed by atoms with van der Waals surface area (Å²) in [4.78, 5) is 10.5. The molecular weight excluding hydrogens is 383 g/mol. The highest BCUT2D eigenvalue weighted by molar-refractivity contribution is 7.80. The van der Waals surface area contributed by atoms with E-state index in [4.69, 9.17) is 35.4 Å². The molecule has 0 aromatic heterocycles. The predicted molar refractivity (Wildman–Crippen MR) is 106 cm³/mol. The Hall–Kier alpha value is -2.48. The average Bonchev–Trinajstić information content (AvgIpc) is 2.57. The third-order valence-electron chi connectivity index (χ3n) is 2.92. The maximum Gasteiger partial charge on any atom is 0.276 e. The van der Waals surface area contributed by atoms with E-state index in [0.29, 0.717) is 21.3 Å². The van der Waals surface area contributed by atoms with E-state index in [0.717, 1.165) is 0 Å². The van der Waals surface area contributed by atoms with E-state index in [1.807, 2.05) is 0 Å². The van der Waals surface area contributed by atoms with Gasteiger partial charge >= 0.3 is 0 Å². The van der Waals surface area contributed by atoms with Crippen molar-refractivity contribution in [1.29, 1.82) is 0 Å². The van der Waals surface area contributed by atoms with Gasteiger partial charge in [0.25, 0.3) is 5.69 Å². The summed E-state index contributed by atoms with van der Waals surface area (Å²) in [5.74, 6) is 0. The van der Waals surface area contributed by atoms with Crippen LogP contribution >= 0.6 is 35.4 Å². The van der Waals surface area contributed by atoms with Crippen LogP contribution in [0, 0.1) is 10.1 Å². The van der Waals surface area contributed by atoms with Crippen LogP contribution in [0.25, 0.3) is 6.08 Å². The van der Waals surface area contributed by atoms with Crippen molar-refractivity contribution in [2.45, 2.75) is 0 Å². The van der Waals surface area contributed by atoms with Gasteiger partial charge in [-0.05, 0) is 48.6 Å². The van der Waals surface area contributed by atoms with Gasteiger partial charge in [0, 0.05) is 17.3 Å². The second-order valence-corrected chi connectivity index (χ2v) is 5.90. The number of hydrogen-bond donors (Lipinski definition) is 2. The van der Waals surface area contributed by atoms with Crippen LogP contribution in [0.5, 0.6) is 0 Å². The number of halogens is 2. The molecule has 0 atom stereocenters. The highest BCUT2D eigenvalue weighted by atomic mass is 35.5. The monoisotopic (exact) mass is 394 g/mol. The SMILES string of the molecule is O=[N+]([O-])c1ccccc1/C=C/C=N/NC(=S)Nc1ccc(Cl)cc1Cl. The van der Waals surface area contributed by atoms with Gasteiger partial charge < -0.3 is 5.32 Å². The van der Waals surface area contributed by atoms with Crippen LogP contribution in [-0.2, 0) is 0 Å². The van der Waals surface area contributed by atoms with Gasteiger partial charge in [-0.1, -0.05) is 35.3 Å². The lowest BCUT2D eigenvalue weighted by Gasteiger charge is -2.08. The van der Waals surface area contributed by atoms with E-state index in [2.05, 4.69) is 15.8 Å². The normalized spacial score (nSPS) is 11.0. The minimum absolute atomic E-state index is 0.0228. The molecule has 0 saturated heterocycles. The first-order chi connectivity index (χ1) is 12.0. The Morgan fingerprint density at radius 3 is 2.72 bits per heavy atom. The Labute approximate surface area is 159 Å². The number of thiocarbonyl (C=S) groups is 1. The molecular formula is C16H12Cl2N4O2S. The first-order valence-corrected chi connectivity index (χ1v) is 8.09. The maximum atomic E-state index is 10.9. The Bertz CT molecular complexity index is 856. The molecule has 9 heteroatoms. The maximum absolute atomic E-state index is 10.9. The van der Waals surface area contributed by atoms with Crippen molar-refractivity contribution >= 4 is 64.2 Å². The van der Waals surface area contributed by atoms with E-state index in [9.17, 15) is 10.1 Å². The molecule has 25 heavy (non-hydrogen) atoms. The van der Waals surface area contributed by atoms with Crippen LogP contribution in [-0.4, -0.2) is 16.3 Å². The van der Waals surface area contributed by atoms with E-state index < -0.39 is 4.92 Å². The molecule has 6 nitrogen and oxygen atoms in total. The number of hydrogen-bond acceptors (Lipinski definition) is 4. The van der Waals surface area contributed by atoms with E-state index in [1.165, 1.54) is 12.3 Å². The van der Waals surface area contributed by atoms with Crippen molar-refractivity contribution in [3.63, 3.8) is 0 Å². The van der Waals surface area contributed by atoms with Crippen molar-refractivity contribution in [2.75, 3.05) is 5.32 Å². The number of nitro groups is 1. The van der Waals surface area contributed by atoms with Crippen LogP contribution < -0.4 is 10.7 Å². The van der Waals surface area contributed by atoms with Crippen LogP contribution in [0.4, 0.5) is 11.4 Å². The number of nitrogens with one attached hydrogen (secondary N) is 2. The highest BCUT2D eigenvalue weighted by Gasteiger charge is 2.08. The van der Waals surface area contributed by atoms with E-state index in [1.54, 1.807) is 48.6 Å². The van der Waals surface area contributed by atoms with Gasteiger partial charge in [0.2, 0.25) is 0 Å². The zero-order chi connectivity index (χ0) is 18.2. The second kappa shape index (κ2) is 9.12. The quantitative estimate of drug-likeness (QED) is 0.326. The molecule has 128 valence electrons. The number of para-hydroxylation sites is 1. The lowest BCUT2D eigenvalue weighted by atomic mass is 10.2. The fraction of sp³-hybridized carbons (Fsp3) is 0. The third kappa shape index (κ3) is 5.82. The number of allylic oxidation sites excluding steroid dienone is 1. The molecule has 0 radical (unpaired) electrons. The van der Waals surface area contributed by atoms with Crippen molar-refractivity contribution in [3.05, 3.63) is 74.3 Å². The van der Waals surface area contributed by atoms with Crippen molar-refractivity contribution in [2.24, 2.45) is 5.10 Å². The zero-order valence-corrected chi connectivity index (χ0v) is 15.0. The van der Waals surface area contributed by atoms with Crippen LogP contribution in [0.15, 0.2) is 53.6 Å². The Kier molecular flexibility index (Phi) is 6.88. The number of rotatable bonds is 5. The van der Waals surface area contributed by atoms with Gasteiger partial charge in [-0.15, -0.1) is 0 Å². The smallest absolute Gasteiger partial charge is 0.276 e. The summed E-state index contributed by atoms with van der Waals surface area (Å²) >= 11 is 16.9. The number of nitro benzene ring substituents is 1. The van der Waals surface area contributed by atoms with Gasteiger partial charge in [-0.25, -0.2) is 0 Å². The van der Waals surface area contributed by atoms with E-state index in [-0.39, 0.29) is 10.8 Å². The van der Waals surface area contributed by atoms with E-state index >= 15 is 0 Å². The number of nitrogens with zero attached hydrogens (tertiary/aromatic N) is 2. The molecule has 2 N–H and O–H groups in total. The molecule has 0 bridgehead atoms. The topological polar surface area (TPSA) is 79.6 Å². The molecule has 2 aromatic carbocycles. The fourth-order valence-corrected chi connectivity index (χ4v) is 2.44. The Balaban J connectivity index is 1.91. The molecule has 0 unspecified atom stereocenters. The summed E-state index contributed by atoms with van der Waals surface area (Å²) in [6, 6.07) is 11.4. The van der Waals surface area contributed by atoms with Gasteiger partial charge in [-0.3, -0.25) is 15.5 Å². The number of hydrazone groups is 1. The van der Waals surface area contributed by atoms with Gasteiger partial charge in [0.1, 0.15) is 0 Å². The van der Waals surface area contributed by atoms with Gasteiger partial charge in [0.05, 0.1) is 21.2 Å². The Morgan fingerprint density at radius 2 is 2.00 bits per heavy atom. The van der Waals surface area contributed by atoms with Crippen LogP contribution in [0.3, 0.4) is 0 Å². The lowest BCUT2D eigenvalue weighted by molar-refractivity contribution is -0.385. The number of anilines is 1. The second-order valence-electron chi connectivity index (χ2n) is 4.64. The minimum atomic E-state index is -0.441. The summed E-state index contributed by atoms with van der Waals surface area (Å²) in [5, 5.41) is 18.9. The fourth-order valence-electron chi connectivity index (χ4n) is 1.82. The van der Waals surface area contributed by atoms with Crippen LogP contribution in [0.1, 0.15) is 5.56 Å². The van der Waals surface area contributed by atoms with Crippen molar-refractivity contribution < 1.29 is 4.92 Å². The molecule has 2 rings (SSSR count). The number of benzene rings is 2. The lowest BCUT2D eigenvalue weighted by Crippen LogP contribution is -2.23. The largest absolute Gasteiger partial charge is 0.330 e. The summed E-state index contributed by atoms with van der Waals surface area (Å²) < 4.78 is 0. The van der Waals surface area contributed by atoms with Crippen molar-refractivity contribution in [3.8, 4) is 0 Å². The summed E-state index contributed by atoms with van der Waals surface area (Å²) in [7, 11) is 0. The summed E-state index contributed by atoms with van der Waals surface area (Å²) in [6.07, 6.45) is 4.57. The molecule has 0 saturated carbocycles. The minimum Gasteiger partial charge on any atom is -0.330 e. The van der Waals surface area contributed by atoms with Crippen molar-refractivity contribution in [1.82, 2.24) is 5.43 Å². The molecule has 2 aromatic rings. The molecule has 0 heterocycles. The summed E-state index contributed by atoms with van der Waals surface area (Å²) in [6.45, 7) is 0. The molecule has 0 aliphatic carbocycles. The summed E-state index contributed by atoms with van der Waals surface area (Å²) in [5.41, 5.74) is 3.70. The molecule has 0 aliphatic heterocycles. The highest BCUT2D eigenvalue weighted by Crippen LogP contribution is 2.25. The van der Waals surface area contributed by atoms with Crippen LogP contribution in [0.2, 0.25) is 10.0 Å². The molecule has 0 aliphatic rings. The third-order valence-corrected chi connectivity index (χ3v) is 3.66. The standard InChI is InChI=1S/C16H12Cl2N4O2S/c17-12-7-8-14(13(18)10-12)20-16(25)21-19-9-3-5-11-4-1-2-6-15(11)22(23)24/h1-10H,(H2,20,21,25)/b5-3+,19-9+. The molecule has 0 amide bonds. The molecule has 0 fully saturated rings. The van der Waals surface area contributed by atoms with Gasteiger partial charge in [-0.2, -0.15) is 5.10 Å². The first-order valence-electron chi connectivity index (χ1n) is 6.92. The average molecular weight is 395 g/mol. The predicted octanol–water partition coefficient (Wildman–Crippen LogP) is 4.89. The molecule has 0 spiro atoms. The van der Waals surface area contributed by atoms with Gasteiger partial charge in [0.15, 0.2) is 5.11 Å².